The molecule has 6 heteroatoms. The average Bonchev–Trinajstić information content (AvgIpc) is 2.73. The van der Waals surface area contributed by atoms with Crippen LogP contribution in [0, 0.1) is 11.8 Å². The third-order valence-corrected chi connectivity index (χ3v) is 6.57. The lowest BCUT2D eigenvalue weighted by atomic mass is 9.95. The number of hydrogen-bond acceptors (Lipinski definition) is 4. The number of carbonyl (C=O) groups is 2. The van der Waals surface area contributed by atoms with Crippen molar-refractivity contribution < 1.29 is 14.3 Å². The van der Waals surface area contributed by atoms with Gasteiger partial charge in [-0.3, -0.25) is 9.59 Å². The maximum absolute atomic E-state index is 12.9. The van der Waals surface area contributed by atoms with E-state index in [0.717, 1.165) is 16.9 Å². The van der Waals surface area contributed by atoms with Gasteiger partial charge in [0.2, 0.25) is 5.91 Å². The third-order valence-electron chi connectivity index (χ3n) is 5.08. The highest BCUT2D eigenvalue weighted by Gasteiger charge is 2.55. The van der Waals surface area contributed by atoms with E-state index in [9.17, 15) is 9.59 Å². The Kier molecular flexibility index (Phi) is 6.47. The molecule has 28 heavy (non-hydrogen) atoms. The average molecular weight is 416 g/mol. The number of amides is 1. The fourth-order valence-corrected chi connectivity index (χ4v) is 5.04. The molecule has 0 aromatic heterocycles. The van der Waals surface area contributed by atoms with Gasteiger partial charge in [0.15, 0.2) is 12.0 Å². The number of benzene rings is 2. The number of fused-ring (bicyclic) bond motifs is 1. The second-order valence-corrected chi connectivity index (χ2v) is 7.98. The summed E-state index contributed by atoms with van der Waals surface area (Å²) in [5, 5.41) is -0.117. The van der Waals surface area contributed by atoms with Crippen LogP contribution >= 0.6 is 24.2 Å². The maximum Gasteiger partial charge on any atom is 0.322 e. The lowest BCUT2D eigenvalue weighted by molar-refractivity contribution is -0.171. The van der Waals surface area contributed by atoms with Gasteiger partial charge in [-0.25, -0.2) is 0 Å². The van der Waals surface area contributed by atoms with E-state index in [-0.39, 0.29) is 29.6 Å². The van der Waals surface area contributed by atoms with Gasteiger partial charge in [0.25, 0.3) is 0 Å². The van der Waals surface area contributed by atoms with Gasteiger partial charge in [-0.2, -0.15) is 0 Å². The number of halogens is 1. The minimum atomic E-state index is -0.712. The molecule has 0 N–H and O–H groups in total. The van der Waals surface area contributed by atoms with Gasteiger partial charge in [-0.1, -0.05) is 66.7 Å². The Labute approximate surface area is 175 Å². The van der Waals surface area contributed by atoms with E-state index in [4.69, 9.17) is 4.74 Å². The van der Waals surface area contributed by atoms with Crippen molar-refractivity contribution in [3.05, 3.63) is 84.4 Å². The molecule has 2 aliphatic heterocycles. The molecular weight excluding hydrogens is 394 g/mol. The molecule has 0 spiro atoms. The van der Waals surface area contributed by atoms with Crippen LogP contribution in [0.2, 0.25) is 0 Å². The van der Waals surface area contributed by atoms with Crippen LogP contribution in [0.3, 0.4) is 0 Å². The highest BCUT2D eigenvalue weighted by molar-refractivity contribution is 8.00. The molecule has 2 unspecified atom stereocenters. The molecule has 2 aromatic rings. The van der Waals surface area contributed by atoms with Crippen LogP contribution in [-0.2, 0) is 14.3 Å². The molecule has 2 aliphatic rings. The number of esters is 1. The molecule has 3 atom stereocenters. The number of nitrogens with zero attached hydrogens (tertiary/aromatic N) is 1. The Morgan fingerprint density at radius 3 is 2.21 bits per heavy atom. The summed E-state index contributed by atoms with van der Waals surface area (Å²) in [7, 11) is 0. The van der Waals surface area contributed by atoms with Crippen molar-refractivity contribution in [1.82, 2.24) is 4.90 Å². The van der Waals surface area contributed by atoms with Crippen LogP contribution in [0.25, 0.3) is 0 Å². The second-order valence-electron chi connectivity index (χ2n) is 6.83. The first-order chi connectivity index (χ1) is 13.2. The fraction of sp³-hybridized carbons (Fsp3) is 0.273. The van der Waals surface area contributed by atoms with E-state index in [2.05, 4.69) is 6.58 Å². The van der Waals surface area contributed by atoms with E-state index in [1.165, 1.54) is 0 Å². The van der Waals surface area contributed by atoms with Gasteiger partial charge in [0, 0.05) is 18.2 Å². The minimum absolute atomic E-state index is 0. The topological polar surface area (TPSA) is 46.6 Å². The lowest BCUT2D eigenvalue weighted by Crippen LogP contribution is -2.65. The SMILES string of the molecule is C=CC1CS[C@@H]2C(C(=O)OC(c3ccccc3)c3ccccc3)C(=O)N2C1.Cl. The summed E-state index contributed by atoms with van der Waals surface area (Å²) < 4.78 is 5.88. The highest BCUT2D eigenvalue weighted by Crippen LogP contribution is 2.42. The highest BCUT2D eigenvalue weighted by atomic mass is 35.5. The van der Waals surface area contributed by atoms with Crippen molar-refractivity contribution in [2.24, 2.45) is 11.8 Å². The van der Waals surface area contributed by atoms with Gasteiger partial charge in [-0.15, -0.1) is 30.7 Å². The number of hydrogen-bond donors (Lipinski definition) is 0. The van der Waals surface area contributed by atoms with Crippen molar-refractivity contribution in [2.45, 2.75) is 11.5 Å². The molecule has 2 aromatic carbocycles. The number of β-lactam (4-membered cyclic amide) rings is 1. The first-order valence-electron chi connectivity index (χ1n) is 9.04. The summed E-state index contributed by atoms with van der Waals surface area (Å²) in [5.41, 5.74) is 1.78. The quantitative estimate of drug-likeness (QED) is 0.319. The van der Waals surface area contributed by atoms with Crippen molar-refractivity contribution in [3.8, 4) is 0 Å². The summed E-state index contributed by atoms with van der Waals surface area (Å²) in [4.78, 5) is 27.2. The summed E-state index contributed by atoms with van der Waals surface area (Å²) >= 11 is 1.64. The van der Waals surface area contributed by atoms with Crippen LogP contribution in [0.4, 0.5) is 0 Å². The van der Waals surface area contributed by atoms with Gasteiger partial charge in [-0.05, 0) is 11.1 Å². The lowest BCUT2D eigenvalue weighted by Gasteiger charge is -2.49. The van der Waals surface area contributed by atoms with Crippen LogP contribution < -0.4 is 0 Å². The first-order valence-corrected chi connectivity index (χ1v) is 10.1. The van der Waals surface area contributed by atoms with E-state index < -0.39 is 18.0 Å². The Balaban J connectivity index is 0.00000225. The molecule has 1 amide bonds. The number of carbonyl (C=O) groups excluding carboxylic acids is 2. The summed E-state index contributed by atoms with van der Waals surface area (Å²) in [5.74, 6) is -0.126. The third kappa shape index (κ3) is 3.82. The number of thioether (sulfide) groups is 1. The maximum atomic E-state index is 12.9. The predicted molar refractivity (Wildman–Crippen MR) is 113 cm³/mol. The predicted octanol–water partition coefficient (Wildman–Crippen LogP) is 4.07. The molecule has 2 heterocycles. The van der Waals surface area contributed by atoms with E-state index in [1.54, 1.807) is 16.7 Å². The number of rotatable bonds is 5. The molecular formula is C22H22ClNO3S. The molecule has 0 aliphatic carbocycles. The Morgan fingerprint density at radius 1 is 1.11 bits per heavy atom. The van der Waals surface area contributed by atoms with E-state index in [1.807, 2.05) is 66.7 Å². The van der Waals surface area contributed by atoms with Crippen LogP contribution in [-0.4, -0.2) is 34.4 Å². The van der Waals surface area contributed by atoms with Crippen molar-refractivity contribution in [3.63, 3.8) is 0 Å². The number of ether oxygens (including phenoxy) is 1. The van der Waals surface area contributed by atoms with Crippen molar-refractivity contribution in [1.29, 1.82) is 0 Å². The summed E-state index contributed by atoms with van der Waals surface area (Å²) in [6, 6.07) is 19.3. The molecule has 0 radical (unpaired) electrons. The van der Waals surface area contributed by atoms with Crippen molar-refractivity contribution in [2.75, 3.05) is 12.3 Å². The normalized spacial score (nSPS) is 23.2. The zero-order valence-electron chi connectivity index (χ0n) is 15.3. The molecule has 4 nitrogen and oxygen atoms in total. The second kappa shape index (κ2) is 8.84. The van der Waals surface area contributed by atoms with Gasteiger partial charge in [0.05, 0.1) is 0 Å². The standard InChI is InChI=1S/C22H21NO3S.ClH/c1-2-15-13-23-20(24)18(21(23)27-14-15)22(25)26-19(16-9-5-3-6-10-16)17-11-7-4-8-12-17;/h2-12,15,18-19,21H,1,13-14H2;1H/t15?,18?,21-;/m1./s1. The monoisotopic (exact) mass is 415 g/mol. The van der Waals surface area contributed by atoms with E-state index >= 15 is 0 Å². The molecule has 0 bridgehead atoms. The van der Waals surface area contributed by atoms with Crippen molar-refractivity contribution >= 4 is 36.0 Å². The van der Waals surface area contributed by atoms with E-state index in [0.29, 0.717) is 6.54 Å². The van der Waals surface area contributed by atoms with Crippen LogP contribution in [0.5, 0.6) is 0 Å². The molecule has 2 fully saturated rings. The summed E-state index contributed by atoms with van der Waals surface area (Å²) in [6.07, 6.45) is 1.36. The Morgan fingerprint density at radius 2 is 1.68 bits per heavy atom. The minimum Gasteiger partial charge on any atom is -0.452 e. The molecule has 146 valence electrons. The van der Waals surface area contributed by atoms with Gasteiger partial charge >= 0.3 is 5.97 Å². The van der Waals surface area contributed by atoms with Crippen LogP contribution in [0.1, 0.15) is 17.2 Å². The first kappa shape index (κ1) is 20.5. The molecule has 4 rings (SSSR count). The zero-order chi connectivity index (χ0) is 18.8. The Bertz CT molecular complexity index is 806. The van der Waals surface area contributed by atoms with Gasteiger partial charge in [0.1, 0.15) is 5.37 Å². The smallest absolute Gasteiger partial charge is 0.322 e. The van der Waals surface area contributed by atoms with Gasteiger partial charge < -0.3 is 9.64 Å². The van der Waals surface area contributed by atoms with Crippen LogP contribution in [0.15, 0.2) is 73.3 Å². The molecule has 0 saturated carbocycles. The zero-order valence-corrected chi connectivity index (χ0v) is 16.9. The Hall–Kier alpha value is -2.24. The fourth-order valence-electron chi connectivity index (χ4n) is 3.56. The largest absolute Gasteiger partial charge is 0.452 e. The molecule has 2 saturated heterocycles. The summed E-state index contributed by atoms with van der Waals surface area (Å²) in [6.45, 7) is 4.45.